The third-order valence-corrected chi connectivity index (χ3v) is 2.60. The summed E-state index contributed by atoms with van der Waals surface area (Å²) in [5.41, 5.74) is -0.357. The Morgan fingerprint density at radius 3 is 3.00 bits per heavy atom. The Balaban J connectivity index is 2.10. The largest absolute Gasteiger partial charge is 0.393 e. The van der Waals surface area contributed by atoms with Crippen molar-refractivity contribution in [1.29, 1.82) is 0 Å². The number of nitrogens with one attached hydrogen (secondary N) is 2. The topological polar surface area (TPSA) is 78.0 Å². The summed E-state index contributed by atoms with van der Waals surface area (Å²) in [5.74, 6) is 0.382. The number of aromatic nitrogens is 2. The van der Waals surface area contributed by atoms with Crippen molar-refractivity contribution in [3.8, 4) is 0 Å². The molecule has 3 N–H and O–H groups in total. The summed E-state index contributed by atoms with van der Waals surface area (Å²) in [6, 6.07) is 0.164. The van der Waals surface area contributed by atoms with E-state index in [4.69, 9.17) is 16.7 Å². The zero-order valence-corrected chi connectivity index (χ0v) is 8.08. The van der Waals surface area contributed by atoms with Crippen LogP contribution in [0, 0.1) is 0 Å². The van der Waals surface area contributed by atoms with Crippen LogP contribution >= 0.6 is 11.6 Å². The minimum Gasteiger partial charge on any atom is -0.393 e. The molecule has 6 heteroatoms. The maximum Gasteiger partial charge on any atom is 0.271 e. The number of aliphatic hydroxyl groups is 1. The molecular weight excluding hydrogens is 206 g/mol. The molecule has 1 heterocycles. The van der Waals surface area contributed by atoms with Gasteiger partial charge in [-0.25, -0.2) is 4.98 Å². The minimum atomic E-state index is -0.357. The highest BCUT2D eigenvalue weighted by Gasteiger charge is 2.27. The predicted octanol–water partition coefficient (Wildman–Crippen LogP) is 0.358. The first-order valence-corrected chi connectivity index (χ1v) is 4.72. The SMILES string of the molecule is O=c1[nH]cnc(NC2CC(O)C2)c1Cl. The predicted molar refractivity (Wildman–Crippen MR) is 52.5 cm³/mol. The van der Waals surface area contributed by atoms with E-state index in [1.54, 1.807) is 0 Å². The van der Waals surface area contributed by atoms with Crippen molar-refractivity contribution in [3.63, 3.8) is 0 Å². The van der Waals surface area contributed by atoms with Crippen LogP contribution < -0.4 is 10.9 Å². The maximum atomic E-state index is 11.1. The van der Waals surface area contributed by atoms with E-state index in [1.165, 1.54) is 6.33 Å². The summed E-state index contributed by atoms with van der Waals surface area (Å²) < 4.78 is 0. The first-order chi connectivity index (χ1) is 6.66. The third kappa shape index (κ3) is 1.73. The Morgan fingerprint density at radius 1 is 1.64 bits per heavy atom. The number of H-pyrrole nitrogens is 1. The summed E-state index contributed by atoms with van der Waals surface area (Å²) in [6.45, 7) is 0. The van der Waals surface area contributed by atoms with Crippen molar-refractivity contribution >= 4 is 17.4 Å². The van der Waals surface area contributed by atoms with Crippen molar-refractivity contribution < 1.29 is 5.11 Å². The summed E-state index contributed by atoms with van der Waals surface area (Å²) in [7, 11) is 0. The van der Waals surface area contributed by atoms with E-state index in [0.29, 0.717) is 18.7 Å². The highest BCUT2D eigenvalue weighted by Crippen LogP contribution is 2.24. The van der Waals surface area contributed by atoms with Crippen LogP contribution in [-0.2, 0) is 0 Å². The molecule has 0 atom stereocenters. The van der Waals surface area contributed by atoms with Crippen LogP contribution in [0.1, 0.15) is 12.8 Å². The van der Waals surface area contributed by atoms with Crippen LogP contribution in [0.5, 0.6) is 0 Å². The number of hydrogen-bond donors (Lipinski definition) is 3. The molecule has 0 aliphatic heterocycles. The average molecular weight is 216 g/mol. The molecule has 2 rings (SSSR count). The first-order valence-electron chi connectivity index (χ1n) is 4.34. The van der Waals surface area contributed by atoms with E-state index in [-0.39, 0.29) is 22.7 Å². The Labute approximate surface area is 85.1 Å². The van der Waals surface area contributed by atoms with E-state index in [1.807, 2.05) is 0 Å². The molecule has 1 aliphatic rings. The molecule has 5 nitrogen and oxygen atoms in total. The molecule has 0 aromatic carbocycles. The number of nitrogens with zero attached hydrogens (tertiary/aromatic N) is 1. The van der Waals surface area contributed by atoms with Crippen LogP contribution in [-0.4, -0.2) is 27.2 Å². The number of halogens is 1. The fourth-order valence-electron chi connectivity index (χ4n) is 1.38. The van der Waals surface area contributed by atoms with Gasteiger partial charge in [-0.05, 0) is 12.8 Å². The summed E-state index contributed by atoms with van der Waals surface area (Å²) >= 11 is 5.72. The van der Waals surface area contributed by atoms with E-state index in [2.05, 4.69) is 15.3 Å². The molecular formula is C8H10ClN3O2. The van der Waals surface area contributed by atoms with Gasteiger partial charge in [0, 0.05) is 6.04 Å². The van der Waals surface area contributed by atoms with Gasteiger partial charge in [-0.1, -0.05) is 11.6 Å². The van der Waals surface area contributed by atoms with E-state index in [0.717, 1.165) is 0 Å². The van der Waals surface area contributed by atoms with Gasteiger partial charge < -0.3 is 15.4 Å². The van der Waals surface area contributed by atoms with Gasteiger partial charge >= 0.3 is 0 Å². The quantitative estimate of drug-likeness (QED) is 0.666. The Hall–Kier alpha value is -1.07. The van der Waals surface area contributed by atoms with Crippen molar-refractivity contribution in [2.45, 2.75) is 25.0 Å². The molecule has 1 saturated carbocycles. The van der Waals surface area contributed by atoms with Gasteiger partial charge in [0.25, 0.3) is 5.56 Å². The number of hydrogen-bond acceptors (Lipinski definition) is 4. The van der Waals surface area contributed by atoms with E-state index < -0.39 is 0 Å². The normalized spacial score (nSPS) is 25.6. The molecule has 0 saturated heterocycles. The maximum absolute atomic E-state index is 11.1. The van der Waals surface area contributed by atoms with Crippen LogP contribution in [0.25, 0.3) is 0 Å². The molecule has 0 spiro atoms. The molecule has 0 unspecified atom stereocenters. The Kier molecular flexibility index (Phi) is 2.43. The van der Waals surface area contributed by atoms with Crippen LogP contribution in [0.2, 0.25) is 5.02 Å². The highest BCUT2D eigenvalue weighted by molar-refractivity contribution is 6.32. The fourth-order valence-corrected chi connectivity index (χ4v) is 1.54. The number of rotatable bonds is 2. The molecule has 14 heavy (non-hydrogen) atoms. The van der Waals surface area contributed by atoms with Gasteiger partial charge in [-0.2, -0.15) is 0 Å². The van der Waals surface area contributed by atoms with Crippen molar-refractivity contribution in [1.82, 2.24) is 9.97 Å². The smallest absolute Gasteiger partial charge is 0.271 e. The van der Waals surface area contributed by atoms with E-state index in [9.17, 15) is 4.79 Å². The molecule has 1 aromatic heterocycles. The van der Waals surface area contributed by atoms with Crippen LogP contribution in [0.15, 0.2) is 11.1 Å². The molecule has 0 bridgehead atoms. The Morgan fingerprint density at radius 2 is 2.36 bits per heavy atom. The second kappa shape index (κ2) is 3.59. The summed E-state index contributed by atoms with van der Waals surface area (Å²) in [6.07, 6.45) is 2.40. The number of aromatic amines is 1. The lowest BCUT2D eigenvalue weighted by Crippen LogP contribution is -2.39. The van der Waals surface area contributed by atoms with Crippen molar-refractivity contribution in [2.75, 3.05) is 5.32 Å². The van der Waals surface area contributed by atoms with Crippen molar-refractivity contribution in [3.05, 3.63) is 21.7 Å². The van der Waals surface area contributed by atoms with Gasteiger partial charge in [0.1, 0.15) is 5.02 Å². The molecule has 0 amide bonds. The second-order valence-corrected chi connectivity index (χ2v) is 3.74. The summed E-state index contributed by atoms with van der Waals surface area (Å²) in [4.78, 5) is 17.4. The first kappa shape index (κ1) is 9.48. The zero-order valence-electron chi connectivity index (χ0n) is 7.33. The number of aliphatic hydroxyl groups excluding tert-OH is 1. The molecule has 1 fully saturated rings. The standard InChI is InChI=1S/C8H10ClN3O2/c9-6-7(10-3-11-8(6)14)12-4-1-5(13)2-4/h3-5,13H,1-2H2,(H2,10,11,12,14). The average Bonchev–Trinajstić information content (AvgIpc) is 2.10. The lowest BCUT2D eigenvalue weighted by atomic mass is 9.89. The van der Waals surface area contributed by atoms with E-state index >= 15 is 0 Å². The van der Waals surface area contributed by atoms with Crippen LogP contribution in [0.4, 0.5) is 5.82 Å². The third-order valence-electron chi connectivity index (χ3n) is 2.25. The lowest BCUT2D eigenvalue weighted by molar-refractivity contribution is 0.0835. The Bertz CT molecular complexity index is 386. The monoisotopic (exact) mass is 215 g/mol. The van der Waals surface area contributed by atoms with Gasteiger partial charge in [0.05, 0.1) is 12.4 Å². The van der Waals surface area contributed by atoms with Crippen LogP contribution in [0.3, 0.4) is 0 Å². The molecule has 1 aromatic rings. The van der Waals surface area contributed by atoms with Crippen molar-refractivity contribution in [2.24, 2.45) is 0 Å². The van der Waals surface area contributed by atoms with Gasteiger partial charge in [-0.15, -0.1) is 0 Å². The minimum absolute atomic E-state index is 0.0638. The lowest BCUT2D eigenvalue weighted by Gasteiger charge is -2.32. The molecule has 76 valence electrons. The molecule has 0 radical (unpaired) electrons. The zero-order chi connectivity index (χ0) is 10.1. The molecule has 1 aliphatic carbocycles. The van der Waals surface area contributed by atoms with Gasteiger partial charge in [0.2, 0.25) is 0 Å². The second-order valence-electron chi connectivity index (χ2n) is 3.36. The van der Waals surface area contributed by atoms with Gasteiger partial charge in [0.15, 0.2) is 5.82 Å². The van der Waals surface area contributed by atoms with Gasteiger partial charge in [-0.3, -0.25) is 4.79 Å². The summed E-state index contributed by atoms with van der Waals surface area (Å²) in [5, 5.41) is 12.1. The number of anilines is 1. The fraction of sp³-hybridized carbons (Fsp3) is 0.500. The highest BCUT2D eigenvalue weighted by atomic mass is 35.5.